The molecule has 4 aromatic rings. The van der Waals surface area contributed by atoms with Gasteiger partial charge in [-0.2, -0.15) is 0 Å². The number of hydrogen-bond acceptors (Lipinski definition) is 5. The van der Waals surface area contributed by atoms with Crippen LogP contribution in [-0.2, 0) is 28.9 Å². The lowest BCUT2D eigenvalue weighted by Gasteiger charge is -2.15. The average Bonchev–Trinajstić information content (AvgIpc) is 3.20. The molecular weight excluding hydrogens is 434 g/mol. The number of carboxylic acid groups (broad SMARTS) is 1. The van der Waals surface area contributed by atoms with Crippen molar-refractivity contribution >= 4 is 33.8 Å². The monoisotopic (exact) mass is 459 g/mol. The van der Waals surface area contributed by atoms with E-state index in [2.05, 4.69) is 5.32 Å². The molecule has 2 aromatic heterocycles. The van der Waals surface area contributed by atoms with Crippen molar-refractivity contribution in [2.24, 2.45) is 0 Å². The lowest BCUT2D eigenvalue weighted by Crippen LogP contribution is -2.35. The van der Waals surface area contributed by atoms with Gasteiger partial charge in [0.2, 0.25) is 5.91 Å². The Morgan fingerprint density at radius 2 is 1.71 bits per heavy atom. The maximum absolute atomic E-state index is 12.9. The first-order valence-corrected chi connectivity index (χ1v) is 11.4. The number of fused-ring (bicyclic) bond motifs is 4. The van der Waals surface area contributed by atoms with Crippen LogP contribution in [0.25, 0.3) is 21.9 Å². The summed E-state index contributed by atoms with van der Waals surface area (Å²) in [5.74, 6) is -0.742. The van der Waals surface area contributed by atoms with E-state index in [9.17, 15) is 19.5 Å². The number of amides is 1. The van der Waals surface area contributed by atoms with Crippen LogP contribution < -0.4 is 10.9 Å². The Bertz CT molecular complexity index is 1500. The van der Waals surface area contributed by atoms with Crippen LogP contribution in [-0.4, -0.2) is 17.0 Å². The van der Waals surface area contributed by atoms with Gasteiger partial charge < -0.3 is 19.3 Å². The molecule has 1 amide bonds. The SMILES string of the molecule is Cc1c(CC(=O)N[C@H](C(=O)O)c2ccccc2)c(=O)oc2c(C)c3oc4c(c3cc12)CCCC4. The number of carboxylic acids is 1. The Morgan fingerprint density at radius 1 is 1.00 bits per heavy atom. The second-order valence-electron chi connectivity index (χ2n) is 8.89. The van der Waals surface area contributed by atoms with E-state index >= 15 is 0 Å². The first-order valence-electron chi connectivity index (χ1n) is 11.4. The Hall–Kier alpha value is -3.87. The molecule has 7 nitrogen and oxygen atoms in total. The van der Waals surface area contributed by atoms with Crippen LogP contribution in [0.15, 0.2) is 50.0 Å². The zero-order chi connectivity index (χ0) is 24.0. The molecule has 1 atom stereocenters. The van der Waals surface area contributed by atoms with E-state index in [1.165, 1.54) is 5.56 Å². The van der Waals surface area contributed by atoms with E-state index in [-0.39, 0.29) is 12.0 Å². The molecule has 0 bridgehead atoms. The third-order valence-electron chi connectivity index (χ3n) is 6.75. The van der Waals surface area contributed by atoms with Crippen molar-refractivity contribution in [3.8, 4) is 0 Å². The summed E-state index contributed by atoms with van der Waals surface area (Å²) in [6.45, 7) is 3.68. The van der Waals surface area contributed by atoms with E-state index < -0.39 is 23.5 Å². The number of aryl methyl sites for hydroxylation is 4. The van der Waals surface area contributed by atoms with Gasteiger partial charge in [0, 0.05) is 28.3 Å². The maximum atomic E-state index is 12.9. The summed E-state index contributed by atoms with van der Waals surface area (Å²) in [6.07, 6.45) is 3.79. The summed E-state index contributed by atoms with van der Waals surface area (Å²) in [5.41, 5.74) is 3.91. The molecule has 2 N–H and O–H groups in total. The number of rotatable bonds is 5. The van der Waals surface area contributed by atoms with Crippen LogP contribution in [0.3, 0.4) is 0 Å². The number of carbonyl (C=O) groups is 2. The van der Waals surface area contributed by atoms with Gasteiger partial charge in [-0.05, 0) is 50.3 Å². The second-order valence-corrected chi connectivity index (χ2v) is 8.89. The number of aliphatic carboxylic acids is 1. The van der Waals surface area contributed by atoms with Crippen molar-refractivity contribution in [1.29, 1.82) is 0 Å². The fourth-order valence-electron chi connectivity index (χ4n) is 4.93. The molecule has 5 rings (SSSR count). The first-order chi connectivity index (χ1) is 16.3. The van der Waals surface area contributed by atoms with Crippen molar-refractivity contribution in [2.45, 2.75) is 52.0 Å². The van der Waals surface area contributed by atoms with Gasteiger partial charge in [-0.1, -0.05) is 30.3 Å². The molecule has 34 heavy (non-hydrogen) atoms. The molecular formula is C27H25NO6. The van der Waals surface area contributed by atoms with Gasteiger partial charge in [-0.15, -0.1) is 0 Å². The molecule has 7 heteroatoms. The standard InChI is InChI=1S/C27H25NO6/c1-14-18-12-20-17-10-6-7-11-21(17)33-25(20)15(2)24(18)34-27(32)19(14)13-22(29)28-23(26(30)31)16-8-4-3-5-9-16/h3-5,8-9,12,23H,6-7,10-11,13H2,1-2H3,(H,28,29)(H,30,31)/t23-/m0/s1. The zero-order valence-corrected chi connectivity index (χ0v) is 19.1. The summed E-state index contributed by atoms with van der Waals surface area (Å²) >= 11 is 0. The van der Waals surface area contributed by atoms with Gasteiger partial charge >= 0.3 is 11.6 Å². The minimum Gasteiger partial charge on any atom is -0.479 e. The molecule has 0 spiro atoms. The van der Waals surface area contributed by atoms with Crippen molar-refractivity contribution in [1.82, 2.24) is 5.32 Å². The van der Waals surface area contributed by atoms with Crippen molar-refractivity contribution in [2.75, 3.05) is 0 Å². The Kier molecular flexibility index (Phi) is 5.48. The molecule has 0 aliphatic heterocycles. The van der Waals surface area contributed by atoms with Gasteiger partial charge in [0.1, 0.15) is 16.9 Å². The normalized spacial score (nSPS) is 14.2. The number of hydrogen-bond donors (Lipinski definition) is 2. The van der Waals surface area contributed by atoms with E-state index in [0.29, 0.717) is 16.7 Å². The quantitative estimate of drug-likeness (QED) is 0.425. The van der Waals surface area contributed by atoms with E-state index in [4.69, 9.17) is 8.83 Å². The highest BCUT2D eigenvalue weighted by Gasteiger charge is 2.25. The first kappa shape index (κ1) is 21.9. The average molecular weight is 459 g/mol. The Labute approximate surface area is 195 Å². The number of benzene rings is 2. The van der Waals surface area contributed by atoms with Gasteiger partial charge in [0.05, 0.1) is 12.0 Å². The fraction of sp³-hybridized carbons (Fsp3) is 0.296. The highest BCUT2D eigenvalue weighted by molar-refractivity contribution is 6.00. The summed E-state index contributed by atoms with van der Waals surface area (Å²) in [7, 11) is 0. The van der Waals surface area contributed by atoms with Crippen LogP contribution in [0.5, 0.6) is 0 Å². The Morgan fingerprint density at radius 3 is 2.44 bits per heavy atom. The van der Waals surface area contributed by atoms with Gasteiger partial charge in [-0.25, -0.2) is 9.59 Å². The molecule has 1 aliphatic rings. The Balaban J connectivity index is 1.53. The number of nitrogens with one attached hydrogen (secondary N) is 1. The highest BCUT2D eigenvalue weighted by atomic mass is 16.4. The lowest BCUT2D eigenvalue weighted by atomic mass is 9.93. The van der Waals surface area contributed by atoms with Crippen molar-refractivity contribution in [3.63, 3.8) is 0 Å². The highest BCUT2D eigenvalue weighted by Crippen LogP contribution is 2.37. The van der Waals surface area contributed by atoms with Crippen LogP contribution >= 0.6 is 0 Å². The van der Waals surface area contributed by atoms with Gasteiger partial charge in [0.15, 0.2) is 6.04 Å². The molecule has 2 aromatic carbocycles. The van der Waals surface area contributed by atoms with E-state index in [1.807, 2.05) is 13.0 Å². The topological polar surface area (TPSA) is 110 Å². The van der Waals surface area contributed by atoms with Crippen LogP contribution in [0, 0.1) is 13.8 Å². The van der Waals surface area contributed by atoms with Crippen molar-refractivity contribution in [3.05, 3.63) is 80.4 Å². The third-order valence-corrected chi connectivity index (χ3v) is 6.75. The smallest absolute Gasteiger partial charge is 0.340 e. The third kappa shape index (κ3) is 3.67. The molecule has 0 saturated heterocycles. The predicted molar refractivity (Wildman–Crippen MR) is 127 cm³/mol. The largest absolute Gasteiger partial charge is 0.479 e. The summed E-state index contributed by atoms with van der Waals surface area (Å²) in [4.78, 5) is 37.4. The van der Waals surface area contributed by atoms with Crippen molar-refractivity contribution < 1.29 is 23.5 Å². The van der Waals surface area contributed by atoms with Crippen LogP contribution in [0.2, 0.25) is 0 Å². The summed E-state index contributed by atoms with van der Waals surface area (Å²) in [6, 6.07) is 9.23. The zero-order valence-electron chi connectivity index (χ0n) is 19.1. The van der Waals surface area contributed by atoms with E-state index in [1.54, 1.807) is 37.3 Å². The lowest BCUT2D eigenvalue weighted by molar-refractivity contribution is -0.142. The second kappa shape index (κ2) is 8.48. The van der Waals surface area contributed by atoms with E-state index in [0.717, 1.165) is 53.4 Å². The molecule has 2 heterocycles. The maximum Gasteiger partial charge on any atom is 0.340 e. The molecule has 0 fully saturated rings. The predicted octanol–water partition coefficient (Wildman–Crippen LogP) is 4.52. The van der Waals surface area contributed by atoms with Gasteiger partial charge in [0.25, 0.3) is 0 Å². The van der Waals surface area contributed by atoms with Crippen LogP contribution in [0.1, 0.15) is 52.5 Å². The molecule has 0 radical (unpaired) electrons. The minimum absolute atomic E-state index is 0.221. The molecule has 1 aliphatic carbocycles. The summed E-state index contributed by atoms with van der Waals surface area (Å²) in [5, 5.41) is 13.9. The number of furan rings is 1. The minimum atomic E-state index is -1.21. The van der Waals surface area contributed by atoms with Gasteiger partial charge in [-0.3, -0.25) is 4.79 Å². The fourth-order valence-corrected chi connectivity index (χ4v) is 4.93. The number of carbonyl (C=O) groups excluding carboxylic acids is 1. The molecule has 174 valence electrons. The molecule has 0 saturated carbocycles. The molecule has 0 unspecified atom stereocenters. The summed E-state index contributed by atoms with van der Waals surface area (Å²) < 4.78 is 11.8. The van der Waals surface area contributed by atoms with Crippen LogP contribution in [0.4, 0.5) is 0 Å².